The van der Waals surface area contributed by atoms with Gasteiger partial charge in [0, 0.05) is 0 Å². The first-order valence-electron chi connectivity index (χ1n) is 7.27. The Bertz CT molecular complexity index is 309. The third-order valence-corrected chi connectivity index (χ3v) is 12.6. The maximum absolute atomic E-state index is 6.29. The Kier molecular flexibility index (Phi) is 6.81. The zero-order valence-corrected chi connectivity index (χ0v) is 18.4. The van der Waals surface area contributed by atoms with Crippen LogP contribution in [0.25, 0.3) is 0 Å². The standard InChI is InChI=1S/3C4H9O.C3H7N.Ta/c3*1-4(2,3)5;1-3(2)4;/h3*1-3H3;3H,1-2H3;/q3*-1;;+3. The van der Waals surface area contributed by atoms with Gasteiger partial charge in [-0.2, -0.15) is 0 Å². The maximum atomic E-state index is 6.29. The van der Waals surface area contributed by atoms with E-state index in [4.69, 9.17) is 13.1 Å². The molecule has 0 atom stereocenters. The van der Waals surface area contributed by atoms with Crippen molar-refractivity contribution >= 4 is 0 Å². The summed E-state index contributed by atoms with van der Waals surface area (Å²) in [6.45, 7) is 22.3. The summed E-state index contributed by atoms with van der Waals surface area (Å²) in [4.78, 5) is 0. The van der Waals surface area contributed by atoms with Gasteiger partial charge < -0.3 is 0 Å². The van der Waals surface area contributed by atoms with Gasteiger partial charge in [-0.3, -0.25) is 0 Å². The van der Waals surface area contributed by atoms with Gasteiger partial charge in [-0.1, -0.05) is 0 Å². The third-order valence-electron chi connectivity index (χ3n) is 1.54. The number of hydrogen-bond donors (Lipinski definition) is 0. The molecule has 0 N–H and O–H groups in total. The molecule has 0 heterocycles. The zero-order valence-electron chi connectivity index (χ0n) is 15.2. The van der Waals surface area contributed by atoms with Gasteiger partial charge in [0.1, 0.15) is 0 Å². The Hall–Kier alpha value is 0.420. The average molecular weight is 457 g/mol. The Labute approximate surface area is 130 Å². The second kappa shape index (κ2) is 6.67. The summed E-state index contributed by atoms with van der Waals surface area (Å²) >= 11 is -4.10. The van der Waals surface area contributed by atoms with Crippen molar-refractivity contribution in [3.8, 4) is 0 Å². The quantitative estimate of drug-likeness (QED) is 0.602. The molecule has 0 amide bonds. The fourth-order valence-corrected chi connectivity index (χ4v) is 11.8. The van der Waals surface area contributed by atoms with Crippen LogP contribution < -0.4 is 0 Å². The van der Waals surface area contributed by atoms with Gasteiger partial charge in [0.05, 0.1) is 0 Å². The average Bonchev–Trinajstić information content (AvgIpc) is 1.86. The Morgan fingerprint density at radius 3 is 1.05 bits per heavy atom. The van der Waals surface area contributed by atoms with Crippen LogP contribution in [-0.2, 0) is 27.9 Å². The first-order valence-corrected chi connectivity index (χ1v) is 12.6. The van der Waals surface area contributed by atoms with Crippen LogP contribution in [-0.4, -0.2) is 22.8 Å². The molecule has 0 aliphatic rings. The molecule has 0 fully saturated rings. The van der Waals surface area contributed by atoms with Gasteiger partial charge in [-0.25, -0.2) is 0 Å². The second-order valence-corrected chi connectivity index (χ2v) is 14.5. The molecule has 0 aliphatic carbocycles. The molecule has 0 aromatic heterocycles. The normalized spacial score (nSPS) is 14.8. The molecule has 0 aliphatic heterocycles. The molecule has 5 heteroatoms. The van der Waals surface area contributed by atoms with Crippen molar-refractivity contribution in [3.05, 3.63) is 0 Å². The van der Waals surface area contributed by atoms with Crippen molar-refractivity contribution in [2.75, 3.05) is 0 Å². The van der Waals surface area contributed by atoms with Crippen LogP contribution in [0.1, 0.15) is 76.2 Å². The predicted octanol–water partition coefficient (Wildman–Crippen LogP) is 4.92. The molecule has 0 aromatic carbocycles. The third kappa shape index (κ3) is 10.2. The van der Waals surface area contributed by atoms with Gasteiger partial charge in [-0.15, -0.1) is 0 Å². The monoisotopic (exact) mass is 457 g/mol. The van der Waals surface area contributed by atoms with Gasteiger partial charge >= 0.3 is 130 Å². The molecule has 0 rings (SSSR count). The summed E-state index contributed by atoms with van der Waals surface area (Å²) in [6.07, 6.45) is 0. The van der Waals surface area contributed by atoms with Crippen LogP contribution in [0.5, 0.6) is 0 Å². The second-order valence-electron chi connectivity index (χ2n) is 8.29. The number of hydrogen-bond acceptors (Lipinski definition) is 4. The molecule has 0 radical (unpaired) electrons. The fraction of sp³-hybridized carbons (Fsp3) is 1.00. The molecule has 20 heavy (non-hydrogen) atoms. The van der Waals surface area contributed by atoms with Gasteiger partial charge in [-0.05, 0) is 0 Å². The topological polar surface area (TPSA) is 40.0 Å². The molecule has 0 aromatic rings. The Morgan fingerprint density at radius 2 is 0.900 bits per heavy atom. The molecule has 0 unspecified atom stereocenters. The molecule has 0 saturated carbocycles. The van der Waals surface area contributed by atoms with E-state index in [0.717, 1.165) is 0 Å². The van der Waals surface area contributed by atoms with E-state index in [2.05, 4.69) is 0 Å². The molecular weight excluding hydrogens is 423 g/mol. The molecule has 0 bridgehead atoms. The molecular formula is C15H34NO3Ta. The van der Waals surface area contributed by atoms with E-state index in [1.807, 2.05) is 76.2 Å². The summed E-state index contributed by atoms with van der Waals surface area (Å²) in [5, 5.41) is 0. The fourth-order valence-electron chi connectivity index (χ4n) is 1.45. The van der Waals surface area contributed by atoms with Crippen molar-refractivity contribution in [2.45, 2.75) is 99.0 Å². The van der Waals surface area contributed by atoms with Crippen LogP contribution in [0.4, 0.5) is 0 Å². The van der Waals surface area contributed by atoms with Crippen LogP contribution in [0.3, 0.4) is 0 Å². The molecule has 0 spiro atoms. The van der Waals surface area contributed by atoms with E-state index < -0.39 is 18.1 Å². The van der Waals surface area contributed by atoms with Crippen molar-refractivity contribution in [2.24, 2.45) is 3.34 Å². The van der Waals surface area contributed by atoms with Crippen LogP contribution in [0.2, 0.25) is 0 Å². The minimum atomic E-state index is -4.10. The van der Waals surface area contributed by atoms with E-state index in [1.165, 1.54) is 0 Å². The van der Waals surface area contributed by atoms with Crippen LogP contribution in [0, 0.1) is 0 Å². The Balaban J connectivity index is 5.78. The summed E-state index contributed by atoms with van der Waals surface area (Å²) in [6, 6.07) is 0.125. The van der Waals surface area contributed by atoms with Crippen LogP contribution >= 0.6 is 0 Å². The van der Waals surface area contributed by atoms with Gasteiger partial charge in [0.2, 0.25) is 0 Å². The van der Waals surface area contributed by atoms with E-state index in [0.29, 0.717) is 0 Å². The molecule has 122 valence electrons. The van der Waals surface area contributed by atoms with E-state index in [-0.39, 0.29) is 22.8 Å². The zero-order chi connectivity index (χ0) is 16.4. The van der Waals surface area contributed by atoms with Crippen LogP contribution in [0.15, 0.2) is 3.34 Å². The SMILES string of the molecule is CC(C)[N]=[Ta]([O]C(C)(C)C)([O]C(C)(C)C)[O]C(C)(C)C. The summed E-state index contributed by atoms with van der Waals surface area (Å²) in [5.41, 5.74) is -1.02. The first-order chi connectivity index (χ1) is 8.54. The van der Waals surface area contributed by atoms with E-state index in [9.17, 15) is 0 Å². The van der Waals surface area contributed by atoms with E-state index >= 15 is 0 Å². The predicted molar refractivity (Wildman–Crippen MR) is 80.1 cm³/mol. The van der Waals surface area contributed by atoms with Gasteiger partial charge in [0.25, 0.3) is 0 Å². The van der Waals surface area contributed by atoms with E-state index in [1.54, 1.807) is 0 Å². The molecule has 4 nitrogen and oxygen atoms in total. The minimum absolute atomic E-state index is 0.125. The summed E-state index contributed by atoms with van der Waals surface area (Å²) in [7, 11) is 0. The van der Waals surface area contributed by atoms with Crippen molar-refractivity contribution < 1.29 is 27.9 Å². The van der Waals surface area contributed by atoms with Crippen molar-refractivity contribution in [1.82, 2.24) is 0 Å². The number of rotatable bonds is 4. The molecule has 0 saturated heterocycles. The summed E-state index contributed by atoms with van der Waals surface area (Å²) in [5.74, 6) is 0. The van der Waals surface area contributed by atoms with Gasteiger partial charge in [0.15, 0.2) is 0 Å². The van der Waals surface area contributed by atoms with Crippen molar-refractivity contribution in [3.63, 3.8) is 0 Å². The summed E-state index contributed by atoms with van der Waals surface area (Å²) < 4.78 is 23.7. The van der Waals surface area contributed by atoms with Crippen molar-refractivity contribution in [1.29, 1.82) is 0 Å². The number of nitrogens with zero attached hydrogens (tertiary/aromatic N) is 1. The first kappa shape index (κ1) is 20.4. The Morgan fingerprint density at radius 1 is 0.650 bits per heavy atom.